The molecule has 0 saturated carbocycles. The van der Waals surface area contributed by atoms with Crippen molar-refractivity contribution in [2.45, 2.75) is 51.9 Å². The molecule has 2 heterocycles. The van der Waals surface area contributed by atoms with Gasteiger partial charge in [0.25, 0.3) is 0 Å². The molecule has 1 aromatic rings. The van der Waals surface area contributed by atoms with E-state index in [-0.39, 0.29) is 17.7 Å². The summed E-state index contributed by atoms with van der Waals surface area (Å²) in [6, 6.07) is 4.22. The number of guanidine groups is 1. The number of rotatable bonds is 6. The van der Waals surface area contributed by atoms with E-state index in [4.69, 9.17) is 10.5 Å². The van der Waals surface area contributed by atoms with E-state index in [0.29, 0.717) is 12.5 Å². The monoisotopic (exact) mass is 338 g/mol. The Hall–Kier alpha value is -1.11. The number of aliphatic imine (C=N–C) groups is 1. The third kappa shape index (κ3) is 5.79. The standard InChI is InChI=1S/C17H30N4OS/c1-13-10-21(11-14(2)22-13)17(3,4)12-20-16(18)19-8-7-15-6-5-9-23-15/h5-6,9,13-14H,7-8,10-12H2,1-4H3,(H3,18,19,20). The minimum Gasteiger partial charge on any atom is -0.373 e. The van der Waals surface area contributed by atoms with Crippen LogP contribution >= 0.6 is 11.3 Å². The van der Waals surface area contributed by atoms with Gasteiger partial charge in [0.2, 0.25) is 0 Å². The molecule has 2 atom stereocenters. The summed E-state index contributed by atoms with van der Waals surface area (Å²) in [4.78, 5) is 8.36. The first-order valence-corrected chi connectivity index (χ1v) is 9.21. The van der Waals surface area contributed by atoms with E-state index in [1.165, 1.54) is 4.88 Å². The van der Waals surface area contributed by atoms with Crippen LogP contribution in [0.25, 0.3) is 0 Å². The molecule has 5 nitrogen and oxygen atoms in total. The minimum atomic E-state index is -0.0215. The molecule has 1 aliphatic heterocycles. The molecular weight excluding hydrogens is 308 g/mol. The zero-order chi connectivity index (χ0) is 16.9. The molecular formula is C17H30N4OS. The number of thiophene rings is 1. The van der Waals surface area contributed by atoms with Crippen LogP contribution in [-0.2, 0) is 11.2 Å². The van der Waals surface area contributed by atoms with Gasteiger partial charge in [0, 0.05) is 30.1 Å². The summed E-state index contributed by atoms with van der Waals surface area (Å²) >= 11 is 1.77. The highest BCUT2D eigenvalue weighted by molar-refractivity contribution is 7.09. The van der Waals surface area contributed by atoms with Crippen LogP contribution in [-0.4, -0.2) is 54.8 Å². The maximum absolute atomic E-state index is 6.00. The summed E-state index contributed by atoms with van der Waals surface area (Å²) in [5, 5.41) is 5.30. The lowest BCUT2D eigenvalue weighted by Gasteiger charge is -2.44. The lowest BCUT2D eigenvalue weighted by Crippen LogP contribution is -2.56. The average Bonchev–Trinajstić information content (AvgIpc) is 2.97. The van der Waals surface area contributed by atoms with Crippen molar-refractivity contribution in [1.29, 1.82) is 0 Å². The molecule has 0 amide bonds. The SMILES string of the molecule is CC1CN(C(C)(C)CN=C(N)NCCc2cccs2)CC(C)O1. The van der Waals surface area contributed by atoms with E-state index in [2.05, 4.69) is 60.4 Å². The summed E-state index contributed by atoms with van der Waals surface area (Å²) in [7, 11) is 0. The van der Waals surface area contributed by atoms with E-state index in [1.54, 1.807) is 11.3 Å². The third-order valence-electron chi connectivity index (χ3n) is 4.17. The van der Waals surface area contributed by atoms with E-state index in [9.17, 15) is 0 Å². The number of morpholine rings is 1. The van der Waals surface area contributed by atoms with Crippen molar-refractivity contribution in [3.05, 3.63) is 22.4 Å². The van der Waals surface area contributed by atoms with Crippen LogP contribution in [0.5, 0.6) is 0 Å². The van der Waals surface area contributed by atoms with Crippen molar-refractivity contribution >= 4 is 17.3 Å². The van der Waals surface area contributed by atoms with Gasteiger partial charge in [-0.2, -0.15) is 0 Å². The Bertz CT molecular complexity index is 491. The molecule has 1 fully saturated rings. The molecule has 0 aliphatic carbocycles. The maximum Gasteiger partial charge on any atom is 0.188 e. The Balaban J connectivity index is 1.79. The van der Waals surface area contributed by atoms with Crippen molar-refractivity contribution in [2.24, 2.45) is 10.7 Å². The van der Waals surface area contributed by atoms with Crippen LogP contribution < -0.4 is 11.1 Å². The molecule has 2 unspecified atom stereocenters. The fourth-order valence-electron chi connectivity index (χ4n) is 2.88. The number of ether oxygens (including phenoxy) is 1. The lowest BCUT2D eigenvalue weighted by molar-refractivity contribution is -0.0939. The normalized spacial score (nSPS) is 23.9. The average molecular weight is 339 g/mol. The van der Waals surface area contributed by atoms with Crippen LogP contribution in [0, 0.1) is 0 Å². The molecule has 1 saturated heterocycles. The third-order valence-corrected chi connectivity index (χ3v) is 5.11. The second-order valence-electron chi connectivity index (χ2n) is 6.93. The Labute approximate surface area is 143 Å². The van der Waals surface area contributed by atoms with E-state index in [0.717, 1.165) is 26.1 Å². The quantitative estimate of drug-likeness (QED) is 0.616. The molecule has 6 heteroatoms. The largest absolute Gasteiger partial charge is 0.373 e. The van der Waals surface area contributed by atoms with Crippen LogP contribution in [0.15, 0.2) is 22.5 Å². The molecule has 1 aromatic heterocycles. The Morgan fingerprint density at radius 3 is 2.74 bits per heavy atom. The fourth-order valence-corrected chi connectivity index (χ4v) is 3.58. The van der Waals surface area contributed by atoms with Gasteiger partial charge in [-0.1, -0.05) is 6.07 Å². The Kier molecular flexibility index (Phi) is 6.44. The van der Waals surface area contributed by atoms with Gasteiger partial charge in [-0.05, 0) is 45.6 Å². The molecule has 0 aromatic carbocycles. The molecule has 3 N–H and O–H groups in total. The number of hydrogen-bond acceptors (Lipinski definition) is 4. The predicted octanol–water partition coefficient (Wildman–Crippen LogP) is 2.08. The zero-order valence-electron chi connectivity index (χ0n) is 14.7. The van der Waals surface area contributed by atoms with Gasteiger partial charge >= 0.3 is 0 Å². The highest BCUT2D eigenvalue weighted by atomic mass is 32.1. The second kappa shape index (κ2) is 8.13. The van der Waals surface area contributed by atoms with Crippen LogP contribution in [0.4, 0.5) is 0 Å². The fraction of sp³-hybridized carbons (Fsp3) is 0.706. The summed E-state index contributed by atoms with van der Waals surface area (Å²) in [5.41, 5.74) is 5.98. The van der Waals surface area contributed by atoms with Gasteiger partial charge in [0.05, 0.1) is 18.8 Å². The topological polar surface area (TPSA) is 62.9 Å². The predicted molar refractivity (Wildman–Crippen MR) is 98.2 cm³/mol. The first-order chi connectivity index (χ1) is 10.9. The number of hydrogen-bond donors (Lipinski definition) is 2. The molecule has 130 valence electrons. The van der Waals surface area contributed by atoms with Crippen molar-refractivity contribution < 1.29 is 4.74 Å². The minimum absolute atomic E-state index is 0.0215. The zero-order valence-corrected chi connectivity index (χ0v) is 15.5. The number of nitrogens with one attached hydrogen (secondary N) is 1. The Morgan fingerprint density at radius 1 is 1.43 bits per heavy atom. The molecule has 1 aliphatic rings. The molecule has 0 spiro atoms. The first-order valence-electron chi connectivity index (χ1n) is 8.33. The van der Waals surface area contributed by atoms with Gasteiger partial charge in [-0.3, -0.25) is 9.89 Å². The summed E-state index contributed by atoms with van der Waals surface area (Å²) in [5.74, 6) is 0.531. The lowest BCUT2D eigenvalue weighted by atomic mass is 10.0. The summed E-state index contributed by atoms with van der Waals surface area (Å²) < 4.78 is 5.81. The van der Waals surface area contributed by atoms with Crippen molar-refractivity contribution in [3.63, 3.8) is 0 Å². The first kappa shape index (κ1) is 18.2. The van der Waals surface area contributed by atoms with Crippen LogP contribution in [0.1, 0.15) is 32.6 Å². The highest BCUT2D eigenvalue weighted by Crippen LogP contribution is 2.21. The van der Waals surface area contributed by atoms with Gasteiger partial charge in [0.1, 0.15) is 0 Å². The highest BCUT2D eigenvalue weighted by Gasteiger charge is 2.32. The van der Waals surface area contributed by atoms with Crippen molar-refractivity contribution in [1.82, 2.24) is 10.2 Å². The van der Waals surface area contributed by atoms with E-state index >= 15 is 0 Å². The number of nitrogens with zero attached hydrogens (tertiary/aromatic N) is 2. The van der Waals surface area contributed by atoms with Gasteiger partial charge in [0.15, 0.2) is 5.96 Å². The molecule has 0 bridgehead atoms. The van der Waals surface area contributed by atoms with Crippen LogP contribution in [0.2, 0.25) is 0 Å². The van der Waals surface area contributed by atoms with Crippen molar-refractivity contribution in [3.8, 4) is 0 Å². The molecule has 2 rings (SSSR count). The molecule has 0 radical (unpaired) electrons. The Morgan fingerprint density at radius 2 is 2.13 bits per heavy atom. The molecule has 23 heavy (non-hydrogen) atoms. The smallest absolute Gasteiger partial charge is 0.188 e. The van der Waals surface area contributed by atoms with Gasteiger partial charge in [-0.25, -0.2) is 0 Å². The van der Waals surface area contributed by atoms with Gasteiger partial charge in [-0.15, -0.1) is 11.3 Å². The van der Waals surface area contributed by atoms with E-state index in [1.807, 2.05) is 0 Å². The van der Waals surface area contributed by atoms with Crippen LogP contribution in [0.3, 0.4) is 0 Å². The number of nitrogens with two attached hydrogens (primary N) is 1. The summed E-state index contributed by atoms with van der Waals surface area (Å²) in [6.45, 7) is 12.1. The maximum atomic E-state index is 6.00. The summed E-state index contributed by atoms with van der Waals surface area (Å²) in [6.07, 6.45) is 1.52. The van der Waals surface area contributed by atoms with Crippen molar-refractivity contribution in [2.75, 3.05) is 26.2 Å². The van der Waals surface area contributed by atoms with E-state index < -0.39 is 0 Å². The van der Waals surface area contributed by atoms with Gasteiger partial charge < -0.3 is 15.8 Å². The second-order valence-corrected chi connectivity index (χ2v) is 7.96.